The highest BCUT2D eigenvalue weighted by Crippen LogP contribution is 2.44. The highest BCUT2D eigenvalue weighted by molar-refractivity contribution is 5.61. The van der Waals surface area contributed by atoms with Gasteiger partial charge in [0.25, 0.3) is 0 Å². The maximum Gasteiger partial charge on any atom is 0.0405 e. The molecule has 1 aliphatic heterocycles. The Morgan fingerprint density at radius 3 is 2.85 bits per heavy atom. The second-order valence-electron chi connectivity index (χ2n) is 7.40. The van der Waals surface area contributed by atoms with Crippen LogP contribution in [0.1, 0.15) is 57.4 Å². The molecule has 3 rings (SSSR count). The smallest absolute Gasteiger partial charge is 0.0405 e. The molecule has 1 fully saturated rings. The molecule has 2 atom stereocenters. The maximum absolute atomic E-state index is 5.81. The van der Waals surface area contributed by atoms with Gasteiger partial charge in [-0.2, -0.15) is 0 Å². The van der Waals surface area contributed by atoms with E-state index in [1.807, 2.05) is 0 Å². The first-order valence-corrected chi connectivity index (χ1v) is 8.16. The second kappa shape index (κ2) is 5.40. The highest BCUT2D eigenvalue weighted by Gasteiger charge is 2.36. The zero-order valence-electron chi connectivity index (χ0n) is 12.9. The number of fused-ring (bicyclic) bond motifs is 1. The lowest BCUT2D eigenvalue weighted by Gasteiger charge is -2.41. The molecule has 1 aromatic rings. The Bertz CT molecular complexity index is 466. The molecule has 1 aliphatic carbocycles. The molecule has 2 aliphatic rings. The molecule has 2 nitrogen and oxygen atoms in total. The molecule has 0 radical (unpaired) electrons. The number of hydrogen-bond donors (Lipinski definition) is 1. The van der Waals surface area contributed by atoms with Gasteiger partial charge in [-0.25, -0.2) is 0 Å². The van der Waals surface area contributed by atoms with Crippen molar-refractivity contribution in [3.05, 3.63) is 29.8 Å². The summed E-state index contributed by atoms with van der Waals surface area (Å²) in [6.45, 7) is 6.83. The molecule has 2 unspecified atom stereocenters. The Balaban J connectivity index is 1.84. The second-order valence-corrected chi connectivity index (χ2v) is 7.40. The van der Waals surface area contributed by atoms with Crippen LogP contribution in [-0.2, 0) is 0 Å². The predicted octanol–water partition coefficient (Wildman–Crippen LogP) is 3.91. The lowest BCUT2D eigenvalue weighted by Crippen LogP contribution is -2.40. The lowest BCUT2D eigenvalue weighted by molar-refractivity contribution is 0.214. The fourth-order valence-electron chi connectivity index (χ4n) is 4.25. The van der Waals surface area contributed by atoms with E-state index >= 15 is 0 Å². The Kier molecular flexibility index (Phi) is 3.76. The van der Waals surface area contributed by atoms with E-state index < -0.39 is 0 Å². The fourth-order valence-corrected chi connectivity index (χ4v) is 4.25. The summed E-state index contributed by atoms with van der Waals surface area (Å²) in [5.41, 5.74) is 9.33. The third kappa shape index (κ3) is 2.58. The number of nitrogens with zero attached hydrogens (tertiary/aromatic N) is 1. The normalized spacial score (nSPS) is 28.4. The topological polar surface area (TPSA) is 29.3 Å². The average Bonchev–Trinajstić information content (AvgIpc) is 2.78. The van der Waals surface area contributed by atoms with Gasteiger partial charge in [0, 0.05) is 24.2 Å². The van der Waals surface area contributed by atoms with Crippen molar-refractivity contribution < 1.29 is 0 Å². The van der Waals surface area contributed by atoms with Crippen molar-refractivity contribution >= 4 is 5.69 Å². The fraction of sp³-hybridized carbons (Fsp3) is 0.667. The van der Waals surface area contributed by atoms with Gasteiger partial charge in [-0.15, -0.1) is 0 Å². The molecular formula is C18H28N2. The van der Waals surface area contributed by atoms with Gasteiger partial charge in [0.05, 0.1) is 0 Å². The van der Waals surface area contributed by atoms with Crippen LogP contribution >= 0.6 is 0 Å². The molecule has 20 heavy (non-hydrogen) atoms. The lowest BCUT2D eigenvalue weighted by atomic mass is 9.74. The van der Waals surface area contributed by atoms with Crippen molar-refractivity contribution in [2.75, 3.05) is 18.0 Å². The van der Waals surface area contributed by atoms with Crippen molar-refractivity contribution in [1.82, 2.24) is 0 Å². The van der Waals surface area contributed by atoms with Gasteiger partial charge in [-0.05, 0) is 49.3 Å². The SMILES string of the molecule is CC1(C)CCCC(N2CC(CCN)c3ccccc32)C1. The molecule has 1 heterocycles. The summed E-state index contributed by atoms with van der Waals surface area (Å²) in [5, 5.41) is 0. The molecule has 2 heteroatoms. The van der Waals surface area contributed by atoms with Crippen molar-refractivity contribution in [2.45, 2.75) is 57.9 Å². The van der Waals surface area contributed by atoms with Gasteiger partial charge in [-0.3, -0.25) is 0 Å². The maximum atomic E-state index is 5.81. The summed E-state index contributed by atoms with van der Waals surface area (Å²) in [6, 6.07) is 9.71. The predicted molar refractivity (Wildman–Crippen MR) is 86.2 cm³/mol. The van der Waals surface area contributed by atoms with Gasteiger partial charge >= 0.3 is 0 Å². The number of hydrogen-bond acceptors (Lipinski definition) is 2. The summed E-state index contributed by atoms with van der Waals surface area (Å²) < 4.78 is 0. The summed E-state index contributed by atoms with van der Waals surface area (Å²) >= 11 is 0. The molecule has 0 bridgehead atoms. The number of rotatable bonds is 3. The number of anilines is 1. The van der Waals surface area contributed by atoms with E-state index in [2.05, 4.69) is 43.0 Å². The third-order valence-electron chi connectivity index (χ3n) is 5.24. The standard InChI is InChI=1S/C18H28N2/c1-18(2)10-5-6-15(12-18)20-13-14(9-11-19)16-7-3-4-8-17(16)20/h3-4,7-8,14-15H,5-6,9-13,19H2,1-2H3. The van der Waals surface area contributed by atoms with Gasteiger partial charge < -0.3 is 10.6 Å². The summed E-state index contributed by atoms with van der Waals surface area (Å²) in [7, 11) is 0. The minimum absolute atomic E-state index is 0.504. The molecule has 2 N–H and O–H groups in total. The van der Waals surface area contributed by atoms with Crippen LogP contribution in [0.15, 0.2) is 24.3 Å². The van der Waals surface area contributed by atoms with Crippen LogP contribution in [-0.4, -0.2) is 19.1 Å². The first-order chi connectivity index (χ1) is 9.61. The van der Waals surface area contributed by atoms with Crippen molar-refractivity contribution in [3.63, 3.8) is 0 Å². The largest absolute Gasteiger partial charge is 0.368 e. The highest BCUT2D eigenvalue weighted by atomic mass is 15.2. The quantitative estimate of drug-likeness (QED) is 0.904. The molecule has 0 aromatic heterocycles. The Labute approximate surface area is 123 Å². The Morgan fingerprint density at radius 1 is 1.30 bits per heavy atom. The van der Waals surface area contributed by atoms with Crippen LogP contribution in [0.4, 0.5) is 5.69 Å². The number of nitrogens with two attached hydrogens (primary N) is 1. The van der Waals surface area contributed by atoms with Crippen molar-refractivity contribution in [3.8, 4) is 0 Å². The minimum Gasteiger partial charge on any atom is -0.368 e. The van der Waals surface area contributed by atoms with Gasteiger partial charge in [-0.1, -0.05) is 38.5 Å². The van der Waals surface area contributed by atoms with E-state index in [1.165, 1.54) is 43.5 Å². The van der Waals surface area contributed by atoms with E-state index in [-0.39, 0.29) is 0 Å². The third-order valence-corrected chi connectivity index (χ3v) is 5.24. The molecule has 110 valence electrons. The van der Waals surface area contributed by atoms with Gasteiger partial charge in [0.2, 0.25) is 0 Å². The van der Waals surface area contributed by atoms with E-state index in [9.17, 15) is 0 Å². The molecular weight excluding hydrogens is 244 g/mol. The zero-order chi connectivity index (χ0) is 14.2. The van der Waals surface area contributed by atoms with E-state index in [0.717, 1.165) is 19.0 Å². The number of para-hydroxylation sites is 1. The van der Waals surface area contributed by atoms with Crippen molar-refractivity contribution in [2.24, 2.45) is 11.1 Å². The summed E-state index contributed by atoms with van der Waals surface area (Å²) in [4.78, 5) is 2.69. The summed E-state index contributed by atoms with van der Waals surface area (Å²) in [5.74, 6) is 0.640. The molecule has 1 aromatic carbocycles. The van der Waals surface area contributed by atoms with Crippen LogP contribution in [0, 0.1) is 5.41 Å². The molecule has 0 saturated heterocycles. The minimum atomic E-state index is 0.504. The summed E-state index contributed by atoms with van der Waals surface area (Å²) in [6.07, 6.45) is 6.55. The van der Waals surface area contributed by atoms with E-state index in [1.54, 1.807) is 0 Å². The Hall–Kier alpha value is -1.02. The first-order valence-electron chi connectivity index (χ1n) is 8.16. The first kappa shape index (κ1) is 13.9. The monoisotopic (exact) mass is 272 g/mol. The van der Waals surface area contributed by atoms with Gasteiger partial charge in [0.1, 0.15) is 0 Å². The van der Waals surface area contributed by atoms with Crippen LogP contribution in [0.2, 0.25) is 0 Å². The molecule has 0 spiro atoms. The van der Waals surface area contributed by atoms with Crippen LogP contribution in [0.5, 0.6) is 0 Å². The Morgan fingerprint density at radius 2 is 2.10 bits per heavy atom. The average molecular weight is 272 g/mol. The van der Waals surface area contributed by atoms with Crippen LogP contribution in [0.25, 0.3) is 0 Å². The van der Waals surface area contributed by atoms with Gasteiger partial charge in [0.15, 0.2) is 0 Å². The molecule has 1 saturated carbocycles. The van der Waals surface area contributed by atoms with Crippen LogP contribution in [0.3, 0.4) is 0 Å². The number of benzene rings is 1. The zero-order valence-corrected chi connectivity index (χ0v) is 12.9. The van der Waals surface area contributed by atoms with Crippen molar-refractivity contribution in [1.29, 1.82) is 0 Å². The van der Waals surface area contributed by atoms with E-state index in [4.69, 9.17) is 5.73 Å². The molecule has 0 amide bonds. The van der Waals surface area contributed by atoms with E-state index in [0.29, 0.717) is 11.3 Å². The van der Waals surface area contributed by atoms with Crippen LogP contribution < -0.4 is 10.6 Å².